The minimum atomic E-state index is -0.800. The lowest BCUT2D eigenvalue weighted by Crippen LogP contribution is -2.45. The minimum absolute atomic E-state index is 0.00386. The molecule has 1 aliphatic rings. The Balaban J connectivity index is 2.43. The van der Waals surface area contributed by atoms with Crippen LogP contribution in [-0.2, 0) is 5.54 Å². The van der Waals surface area contributed by atoms with Gasteiger partial charge in [0.15, 0.2) is 11.2 Å². The van der Waals surface area contributed by atoms with Crippen molar-refractivity contribution in [3.63, 3.8) is 0 Å². The average Bonchev–Trinajstić information content (AvgIpc) is 2.52. The summed E-state index contributed by atoms with van der Waals surface area (Å²) < 4.78 is 1.64. The maximum absolute atomic E-state index is 12.3. The number of rotatable bonds is 1. The van der Waals surface area contributed by atoms with Crippen molar-refractivity contribution < 1.29 is 5.21 Å². The van der Waals surface area contributed by atoms with Gasteiger partial charge >= 0.3 is 5.69 Å². The van der Waals surface area contributed by atoms with Gasteiger partial charge in [0.1, 0.15) is 0 Å². The van der Waals surface area contributed by atoms with Crippen molar-refractivity contribution in [2.24, 2.45) is 0 Å². The van der Waals surface area contributed by atoms with E-state index in [4.69, 9.17) is 5.73 Å². The Hall–Kier alpha value is -2.25. The van der Waals surface area contributed by atoms with Crippen LogP contribution in [0, 0.1) is 0 Å². The highest BCUT2D eigenvalue weighted by atomic mass is 16.5. The van der Waals surface area contributed by atoms with Gasteiger partial charge < -0.3 is 10.9 Å². The zero-order chi connectivity index (χ0) is 13.1. The molecular formula is C10H13N5O3. The van der Waals surface area contributed by atoms with E-state index in [1.54, 1.807) is 0 Å². The molecule has 0 unspecified atom stereocenters. The molecule has 0 spiro atoms. The molecule has 0 saturated heterocycles. The molecule has 96 valence electrons. The highest BCUT2D eigenvalue weighted by molar-refractivity contribution is 5.70. The molecule has 0 bridgehead atoms. The second-order valence-electron chi connectivity index (χ2n) is 4.90. The first-order chi connectivity index (χ1) is 8.44. The van der Waals surface area contributed by atoms with E-state index in [-0.39, 0.29) is 27.4 Å². The van der Waals surface area contributed by atoms with Crippen molar-refractivity contribution in [3.8, 4) is 0 Å². The summed E-state index contributed by atoms with van der Waals surface area (Å²) in [5.74, 6) is 0.0524. The molecular weight excluding hydrogens is 238 g/mol. The first-order valence-corrected chi connectivity index (χ1v) is 5.67. The van der Waals surface area contributed by atoms with Crippen molar-refractivity contribution in [2.45, 2.75) is 31.7 Å². The molecule has 0 radical (unpaired) electrons. The molecule has 2 heterocycles. The topological polar surface area (TPSA) is 119 Å². The number of hydrogen-bond donors (Lipinski definition) is 3. The quantitative estimate of drug-likeness (QED) is 0.596. The van der Waals surface area contributed by atoms with Gasteiger partial charge in [0.25, 0.3) is 5.56 Å². The highest BCUT2D eigenvalue weighted by Gasteiger charge is 2.37. The number of imidazole rings is 1. The summed E-state index contributed by atoms with van der Waals surface area (Å²) in [5.41, 5.74) is 3.94. The van der Waals surface area contributed by atoms with Crippen LogP contribution in [0.2, 0.25) is 0 Å². The van der Waals surface area contributed by atoms with Gasteiger partial charge in [-0.2, -0.15) is 4.98 Å². The number of aromatic nitrogens is 4. The van der Waals surface area contributed by atoms with E-state index in [0.29, 0.717) is 0 Å². The Morgan fingerprint density at radius 1 is 1.44 bits per heavy atom. The van der Waals surface area contributed by atoms with Crippen LogP contribution in [0.25, 0.3) is 11.2 Å². The third-order valence-corrected chi connectivity index (χ3v) is 3.69. The van der Waals surface area contributed by atoms with Crippen LogP contribution in [0.15, 0.2) is 9.59 Å². The number of nitrogens with one attached hydrogen (secondary N) is 1. The molecule has 4 N–H and O–H groups in total. The van der Waals surface area contributed by atoms with E-state index in [0.717, 1.165) is 19.3 Å². The summed E-state index contributed by atoms with van der Waals surface area (Å²) in [7, 11) is 0. The molecule has 18 heavy (non-hydrogen) atoms. The van der Waals surface area contributed by atoms with E-state index in [1.807, 2.05) is 6.92 Å². The fourth-order valence-electron chi connectivity index (χ4n) is 2.50. The molecule has 2 aromatic rings. The standard InChI is InChI=1S/C10H13N5O3/c1-10(3-2-4-10)14-7(16)5-6(12-8(14)11)13-9(17)15(5)18/h18H,2-4H2,1H3,(H2,11,12)(H,13,17). The lowest BCUT2D eigenvalue weighted by atomic mass is 9.78. The number of nitrogen functional groups attached to an aromatic ring is 1. The highest BCUT2D eigenvalue weighted by Crippen LogP contribution is 2.38. The van der Waals surface area contributed by atoms with Crippen LogP contribution in [0.3, 0.4) is 0 Å². The number of hydrogen-bond acceptors (Lipinski definition) is 5. The number of aromatic amines is 1. The Bertz CT molecular complexity index is 749. The number of nitrogens with two attached hydrogens (primary N) is 1. The first kappa shape index (κ1) is 10.9. The zero-order valence-electron chi connectivity index (χ0n) is 9.80. The predicted molar refractivity (Wildman–Crippen MR) is 63.7 cm³/mol. The monoisotopic (exact) mass is 251 g/mol. The zero-order valence-corrected chi connectivity index (χ0v) is 9.80. The number of fused-ring (bicyclic) bond motifs is 1. The van der Waals surface area contributed by atoms with E-state index in [1.165, 1.54) is 4.57 Å². The second kappa shape index (κ2) is 3.15. The Labute approximate surface area is 101 Å². The van der Waals surface area contributed by atoms with Crippen molar-refractivity contribution >= 4 is 17.1 Å². The van der Waals surface area contributed by atoms with E-state index >= 15 is 0 Å². The summed E-state index contributed by atoms with van der Waals surface area (Å²) in [6.45, 7) is 1.91. The number of H-pyrrole nitrogens is 1. The molecule has 1 aliphatic carbocycles. The molecule has 2 aromatic heterocycles. The molecule has 0 aliphatic heterocycles. The number of nitrogens with zero attached hydrogens (tertiary/aromatic N) is 3. The van der Waals surface area contributed by atoms with Crippen LogP contribution in [-0.4, -0.2) is 24.5 Å². The van der Waals surface area contributed by atoms with Gasteiger partial charge in [0.05, 0.1) is 0 Å². The van der Waals surface area contributed by atoms with Gasteiger partial charge in [-0.3, -0.25) is 14.3 Å². The summed E-state index contributed by atoms with van der Waals surface area (Å²) in [6, 6.07) is 0. The third kappa shape index (κ3) is 1.17. The van der Waals surface area contributed by atoms with E-state index in [9.17, 15) is 14.8 Å². The SMILES string of the molecule is CC1(n2c(N)nc3[nH]c(=O)n(O)c3c2=O)CCC1. The van der Waals surface area contributed by atoms with Crippen molar-refractivity contribution in [3.05, 3.63) is 20.8 Å². The largest absolute Gasteiger partial charge is 0.423 e. The molecule has 0 atom stereocenters. The maximum atomic E-state index is 12.3. The molecule has 0 amide bonds. The Kier molecular flexibility index (Phi) is 1.90. The normalized spacial score (nSPS) is 17.8. The fraction of sp³-hybridized carbons (Fsp3) is 0.500. The van der Waals surface area contributed by atoms with Crippen LogP contribution in [0.4, 0.5) is 5.95 Å². The first-order valence-electron chi connectivity index (χ1n) is 5.67. The third-order valence-electron chi connectivity index (χ3n) is 3.69. The smallest absolute Gasteiger partial charge is 0.360 e. The minimum Gasteiger partial charge on any atom is -0.423 e. The molecule has 8 nitrogen and oxygen atoms in total. The lowest BCUT2D eigenvalue weighted by molar-refractivity contribution is 0.162. The van der Waals surface area contributed by atoms with Crippen molar-refractivity contribution in [1.29, 1.82) is 0 Å². The summed E-state index contributed by atoms with van der Waals surface area (Å²) >= 11 is 0. The van der Waals surface area contributed by atoms with Gasteiger partial charge in [-0.25, -0.2) is 4.79 Å². The van der Waals surface area contributed by atoms with Crippen LogP contribution in [0.1, 0.15) is 26.2 Å². The molecule has 3 rings (SSSR count). The van der Waals surface area contributed by atoms with E-state index in [2.05, 4.69) is 9.97 Å². The van der Waals surface area contributed by atoms with Crippen LogP contribution < -0.4 is 17.0 Å². The maximum Gasteiger partial charge on any atom is 0.360 e. The lowest BCUT2D eigenvalue weighted by Gasteiger charge is -2.40. The van der Waals surface area contributed by atoms with Gasteiger partial charge in [-0.15, -0.1) is 4.73 Å². The Morgan fingerprint density at radius 3 is 2.67 bits per heavy atom. The molecule has 0 aromatic carbocycles. The van der Waals surface area contributed by atoms with Crippen molar-refractivity contribution in [1.82, 2.24) is 19.3 Å². The van der Waals surface area contributed by atoms with Gasteiger partial charge in [-0.1, -0.05) is 0 Å². The van der Waals surface area contributed by atoms with Crippen LogP contribution in [0.5, 0.6) is 0 Å². The fourth-order valence-corrected chi connectivity index (χ4v) is 2.50. The van der Waals surface area contributed by atoms with Gasteiger partial charge in [-0.05, 0) is 26.2 Å². The summed E-state index contributed by atoms with van der Waals surface area (Å²) in [6.07, 6.45) is 2.66. The number of anilines is 1. The Morgan fingerprint density at radius 2 is 2.11 bits per heavy atom. The van der Waals surface area contributed by atoms with Crippen LogP contribution >= 0.6 is 0 Å². The average molecular weight is 251 g/mol. The predicted octanol–water partition coefficient (Wildman–Crippen LogP) is -0.395. The summed E-state index contributed by atoms with van der Waals surface area (Å²) in [5, 5.41) is 9.53. The van der Waals surface area contributed by atoms with Gasteiger partial charge in [0, 0.05) is 5.54 Å². The van der Waals surface area contributed by atoms with Crippen molar-refractivity contribution in [2.75, 3.05) is 5.73 Å². The second-order valence-corrected chi connectivity index (χ2v) is 4.90. The van der Waals surface area contributed by atoms with E-state index < -0.39 is 11.2 Å². The van der Waals surface area contributed by atoms with Gasteiger partial charge in [0.2, 0.25) is 5.95 Å². The summed E-state index contributed by atoms with van der Waals surface area (Å²) in [4.78, 5) is 29.8. The molecule has 8 heteroatoms. The molecule has 1 fully saturated rings. The molecule has 1 saturated carbocycles.